The summed E-state index contributed by atoms with van der Waals surface area (Å²) >= 11 is 0. The van der Waals surface area contributed by atoms with Crippen molar-refractivity contribution in [3.63, 3.8) is 0 Å². The van der Waals surface area contributed by atoms with E-state index in [1.165, 1.54) is 18.5 Å². The van der Waals surface area contributed by atoms with Gasteiger partial charge >= 0.3 is 7.12 Å². The predicted octanol–water partition coefficient (Wildman–Crippen LogP) is 0.148. The fraction of sp³-hybridized carbons (Fsp3) is 0.500. The van der Waals surface area contributed by atoms with Crippen LogP contribution in [0.3, 0.4) is 0 Å². The average Bonchev–Trinajstić information content (AvgIpc) is 2.27. The van der Waals surface area contributed by atoms with E-state index in [9.17, 15) is 14.9 Å². The fourth-order valence-corrected chi connectivity index (χ4v) is 1.17. The topological polar surface area (TPSA) is 79.7 Å². The van der Waals surface area contributed by atoms with Crippen LogP contribution in [0.2, 0.25) is 0 Å². The van der Waals surface area contributed by atoms with Gasteiger partial charge in [-0.2, -0.15) is 0 Å². The normalized spacial score (nSPS) is 12.3. The summed E-state index contributed by atoms with van der Waals surface area (Å²) in [7, 11) is -1.25. The highest BCUT2D eigenvalue weighted by Crippen LogP contribution is 2.25. The van der Waals surface area contributed by atoms with Gasteiger partial charge in [0.05, 0.1) is 11.2 Å². The Morgan fingerprint density at radius 1 is 1.33 bits per heavy atom. The summed E-state index contributed by atoms with van der Waals surface area (Å²) in [5.41, 5.74) is -1.35. The number of pyridine rings is 1. The number of aldehydes is 1. The Bertz CT molecular complexity index is 428. The van der Waals surface area contributed by atoms with Gasteiger partial charge in [0, 0.05) is 23.4 Å². The summed E-state index contributed by atoms with van der Waals surface area (Å²) in [6.45, 7) is 6.54. The molecule has 0 aliphatic rings. The standard InChI is InChI=1S/C12H18BNO4/c1-11(2,16)12(3,4)18-13(17)10-5-9(8-15)6-14-7-10/h5-8,16-17H,1-4H3. The van der Waals surface area contributed by atoms with Crippen LogP contribution in [0.5, 0.6) is 0 Å². The second-order valence-corrected chi connectivity index (χ2v) is 5.21. The van der Waals surface area contributed by atoms with Crippen molar-refractivity contribution in [1.82, 2.24) is 4.98 Å². The number of nitrogens with zero attached hydrogens (tertiary/aromatic N) is 1. The lowest BCUT2D eigenvalue weighted by Crippen LogP contribution is -2.53. The van der Waals surface area contributed by atoms with Crippen LogP contribution >= 0.6 is 0 Å². The predicted molar refractivity (Wildman–Crippen MR) is 68.7 cm³/mol. The molecule has 0 radical (unpaired) electrons. The molecule has 1 heterocycles. The Morgan fingerprint density at radius 3 is 2.44 bits per heavy atom. The molecular weight excluding hydrogens is 233 g/mol. The highest BCUT2D eigenvalue weighted by Gasteiger charge is 2.39. The molecule has 0 spiro atoms. The van der Waals surface area contributed by atoms with Crippen molar-refractivity contribution >= 4 is 18.9 Å². The summed E-state index contributed by atoms with van der Waals surface area (Å²) in [4.78, 5) is 14.5. The first-order valence-corrected chi connectivity index (χ1v) is 5.66. The first kappa shape index (κ1) is 14.8. The fourth-order valence-electron chi connectivity index (χ4n) is 1.17. The number of hydrogen-bond donors (Lipinski definition) is 2. The molecule has 0 saturated carbocycles. The first-order valence-electron chi connectivity index (χ1n) is 5.66. The zero-order valence-electron chi connectivity index (χ0n) is 11.0. The molecule has 0 aliphatic heterocycles. The highest BCUT2D eigenvalue weighted by atomic mass is 16.5. The van der Waals surface area contributed by atoms with Gasteiger partial charge in [0.25, 0.3) is 0 Å². The van der Waals surface area contributed by atoms with Crippen molar-refractivity contribution in [2.24, 2.45) is 0 Å². The number of carbonyl (C=O) groups is 1. The molecule has 98 valence electrons. The molecule has 0 saturated heterocycles. The monoisotopic (exact) mass is 251 g/mol. The van der Waals surface area contributed by atoms with Gasteiger partial charge in [-0.3, -0.25) is 9.78 Å². The summed E-state index contributed by atoms with van der Waals surface area (Å²) in [5.74, 6) is 0. The van der Waals surface area contributed by atoms with Crippen molar-refractivity contribution in [1.29, 1.82) is 0 Å². The maximum Gasteiger partial charge on any atom is 0.493 e. The molecule has 6 heteroatoms. The molecule has 18 heavy (non-hydrogen) atoms. The number of aliphatic hydroxyl groups is 1. The molecule has 0 aromatic carbocycles. The highest BCUT2D eigenvalue weighted by molar-refractivity contribution is 6.60. The number of carbonyl (C=O) groups excluding carboxylic acids is 1. The molecule has 0 bridgehead atoms. The minimum atomic E-state index is -1.25. The van der Waals surface area contributed by atoms with Crippen molar-refractivity contribution in [2.75, 3.05) is 0 Å². The Hall–Kier alpha value is -1.24. The summed E-state index contributed by atoms with van der Waals surface area (Å²) < 4.78 is 5.44. The van der Waals surface area contributed by atoms with E-state index < -0.39 is 18.3 Å². The summed E-state index contributed by atoms with van der Waals surface area (Å²) in [5, 5.41) is 19.9. The molecular formula is C12H18BNO4. The molecule has 0 unspecified atom stereocenters. The van der Waals surface area contributed by atoms with E-state index in [1.54, 1.807) is 27.7 Å². The number of aromatic nitrogens is 1. The van der Waals surface area contributed by atoms with Crippen molar-refractivity contribution in [2.45, 2.75) is 38.9 Å². The van der Waals surface area contributed by atoms with Gasteiger partial charge in [0.15, 0.2) is 6.29 Å². The Labute approximate surface area is 107 Å². The van der Waals surface area contributed by atoms with Gasteiger partial charge in [-0.05, 0) is 33.8 Å². The lowest BCUT2D eigenvalue weighted by molar-refractivity contribution is -0.0982. The lowest BCUT2D eigenvalue weighted by atomic mass is 9.77. The molecule has 1 aromatic heterocycles. The Morgan fingerprint density at radius 2 is 1.94 bits per heavy atom. The maximum atomic E-state index is 10.6. The Kier molecular flexibility index (Phi) is 4.26. The van der Waals surface area contributed by atoms with Crippen LogP contribution in [-0.2, 0) is 4.65 Å². The molecule has 0 amide bonds. The maximum absolute atomic E-state index is 10.6. The number of hydrogen-bond acceptors (Lipinski definition) is 5. The van der Waals surface area contributed by atoms with Gasteiger partial charge in [0.1, 0.15) is 0 Å². The minimum absolute atomic E-state index is 0.358. The molecule has 1 rings (SSSR count). The van der Waals surface area contributed by atoms with Crippen LogP contribution in [0.1, 0.15) is 38.1 Å². The van der Waals surface area contributed by atoms with Gasteiger partial charge in [-0.25, -0.2) is 0 Å². The van der Waals surface area contributed by atoms with Gasteiger partial charge in [-0.1, -0.05) is 0 Å². The lowest BCUT2D eigenvalue weighted by Gasteiger charge is -2.38. The van der Waals surface area contributed by atoms with Crippen LogP contribution in [-0.4, -0.2) is 39.7 Å². The molecule has 0 atom stereocenters. The molecule has 2 N–H and O–H groups in total. The van der Waals surface area contributed by atoms with Crippen molar-refractivity contribution in [3.8, 4) is 0 Å². The smallest absolute Gasteiger partial charge is 0.423 e. The van der Waals surface area contributed by atoms with Crippen LogP contribution < -0.4 is 5.46 Å². The molecule has 0 fully saturated rings. The third-order valence-corrected chi connectivity index (χ3v) is 3.08. The van der Waals surface area contributed by atoms with Crippen LogP contribution in [0.15, 0.2) is 18.5 Å². The second kappa shape index (κ2) is 5.18. The first-order chi connectivity index (χ1) is 8.17. The van der Waals surface area contributed by atoms with Crippen molar-refractivity contribution in [3.05, 3.63) is 24.0 Å². The van der Waals surface area contributed by atoms with E-state index >= 15 is 0 Å². The molecule has 5 nitrogen and oxygen atoms in total. The van der Waals surface area contributed by atoms with Gasteiger partial charge in [0.2, 0.25) is 0 Å². The van der Waals surface area contributed by atoms with E-state index in [4.69, 9.17) is 4.65 Å². The van der Waals surface area contributed by atoms with E-state index in [2.05, 4.69) is 4.98 Å². The van der Waals surface area contributed by atoms with Crippen molar-refractivity contribution < 1.29 is 19.6 Å². The van der Waals surface area contributed by atoms with Crippen LogP contribution in [0, 0.1) is 0 Å². The summed E-state index contributed by atoms with van der Waals surface area (Å²) in [6.07, 6.45) is 3.45. The van der Waals surface area contributed by atoms with Crippen LogP contribution in [0.4, 0.5) is 0 Å². The average molecular weight is 251 g/mol. The second-order valence-electron chi connectivity index (χ2n) is 5.21. The van der Waals surface area contributed by atoms with E-state index in [1.807, 2.05) is 0 Å². The van der Waals surface area contributed by atoms with Gasteiger partial charge in [-0.15, -0.1) is 0 Å². The number of rotatable bonds is 5. The van der Waals surface area contributed by atoms with Crippen LogP contribution in [0.25, 0.3) is 0 Å². The van der Waals surface area contributed by atoms with Gasteiger partial charge < -0.3 is 14.8 Å². The van der Waals surface area contributed by atoms with E-state index in [0.717, 1.165) is 0 Å². The molecule has 1 aromatic rings. The zero-order chi connectivity index (χ0) is 14.0. The largest absolute Gasteiger partial charge is 0.493 e. The van der Waals surface area contributed by atoms with E-state index in [0.29, 0.717) is 17.3 Å². The Balaban J connectivity index is 2.88. The quantitative estimate of drug-likeness (QED) is 0.575. The SMILES string of the molecule is CC(C)(O)C(C)(C)OB(O)c1cncc(C=O)c1. The minimum Gasteiger partial charge on any atom is -0.423 e. The third-order valence-electron chi connectivity index (χ3n) is 3.08. The van der Waals surface area contributed by atoms with E-state index in [-0.39, 0.29) is 0 Å². The summed E-state index contributed by atoms with van der Waals surface area (Å²) in [6, 6.07) is 1.49. The zero-order valence-corrected chi connectivity index (χ0v) is 11.0. The third kappa shape index (κ3) is 3.38. The molecule has 0 aliphatic carbocycles.